The van der Waals surface area contributed by atoms with Gasteiger partial charge in [0.2, 0.25) is 0 Å². The van der Waals surface area contributed by atoms with Crippen molar-refractivity contribution in [2.75, 3.05) is 6.54 Å². The molecule has 1 saturated carbocycles. The van der Waals surface area contributed by atoms with Crippen LogP contribution in [0.1, 0.15) is 33.3 Å². The molecule has 18 heavy (non-hydrogen) atoms. The van der Waals surface area contributed by atoms with E-state index in [0.717, 1.165) is 18.7 Å². The van der Waals surface area contributed by atoms with Crippen molar-refractivity contribution in [3.8, 4) is 0 Å². The first-order valence-corrected chi connectivity index (χ1v) is 7.21. The highest BCUT2D eigenvalue weighted by atomic mass is 79.9. The Kier molecular flexibility index (Phi) is 3.58. The van der Waals surface area contributed by atoms with Crippen molar-refractivity contribution < 1.29 is 4.39 Å². The van der Waals surface area contributed by atoms with Crippen LogP contribution in [0.15, 0.2) is 22.7 Å². The second kappa shape index (κ2) is 4.61. The molecule has 0 radical (unpaired) electrons. The zero-order valence-electron chi connectivity index (χ0n) is 11.5. The van der Waals surface area contributed by atoms with Crippen molar-refractivity contribution in [1.82, 2.24) is 5.32 Å². The van der Waals surface area contributed by atoms with E-state index in [9.17, 15) is 4.39 Å². The molecule has 100 valence electrons. The number of hydrogen-bond donors (Lipinski definition) is 1. The van der Waals surface area contributed by atoms with Gasteiger partial charge in [-0.3, -0.25) is 0 Å². The second-order valence-electron chi connectivity index (χ2n) is 6.38. The summed E-state index contributed by atoms with van der Waals surface area (Å²) in [5.74, 6) is 0.506. The van der Waals surface area contributed by atoms with Gasteiger partial charge in [0, 0.05) is 6.54 Å². The van der Waals surface area contributed by atoms with Gasteiger partial charge in [0.1, 0.15) is 5.82 Å². The van der Waals surface area contributed by atoms with Crippen molar-refractivity contribution >= 4 is 15.9 Å². The van der Waals surface area contributed by atoms with Crippen molar-refractivity contribution in [2.24, 2.45) is 16.7 Å². The second-order valence-corrected chi connectivity index (χ2v) is 7.23. The van der Waals surface area contributed by atoms with E-state index in [4.69, 9.17) is 0 Å². The average molecular weight is 314 g/mol. The molecule has 3 heteroatoms. The van der Waals surface area contributed by atoms with Crippen LogP contribution < -0.4 is 5.32 Å². The van der Waals surface area contributed by atoms with E-state index >= 15 is 0 Å². The van der Waals surface area contributed by atoms with Crippen molar-refractivity contribution in [2.45, 2.75) is 34.2 Å². The molecule has 0 aliphatic heterocycles. The van der Waals surface area contributed by atoms with Crippen LogP contribution in [0.2, 0.25) is 0 Å². The highest BCUT2D eigenvalue weighted by molar-refractivity contribution is 9.10. The van der Waals surface area contributed by atoms with Crippen molar-refractivity contribution in [1.29, 1.82) is 0 Å². The van der Waals surface area contributed by atoms with Gasteiger partial charge in [0.25, 0.3) is 0 Å². The summed E-state index contributed by atoms with van der Waals surface area (Å²) in [6.45, 7) is 11.0. The first kappa shape index (κ1) is 14.0. The molecule has 0 spiro atoms. The third kappa shape index (κ3) is 2.35. The standard InChI is InChI=1S/C15H21BrFN/c1-14(2)13(15(14,3)4)9-18-8-10-5-6-11(16)12(17)7-10/h5-7,13,18H,8-9H2,1-4H3. The van der Waals surface area contributed by atoms with Crippen LogP contribution in [0.25, 0.3) is 0 Å². The SMILES string of the molecule is CC1(C)C(CNCc2ccc(Br)c(F)c2)C1(C)C. The van der Waals surface area contributed by atoms with Gasteiger partial charge in [-0.25, -0.2) is 4.39 Å². The number of benzene rings is 1. The molecule has 0 saturated heterocycles. The van der Waals surface area contributed by atoms with Gasteiger partial charge in [0.05, 0.1) is 4.47 Å². The van der Waals surface area contributed by atoms with Gasteiger partial charge >= 0.3 is 0 Å². The monoisotopic (exact) mass is 313 g/mol. The lowest BCUT2D eigenvalue weighted by Gasteiger charge is -2.07. The van der Waals surface area contributed by atoms with E-state index in [1.165, 1.54) is 0 Å². The lowest BCUT2D eigenvalue weighted by Crippen LogP contribution is -2.18. The molecular formula is C15H21BrFN. The van der Waals surface area contributed by atoms with Crippen LogP contribution in [0, 0.1) is 22.6 Å². The lowest BCUT2D eigenvalue weighted by atomic mass is 10.0. The lowest BCUT2D eigenvalue weighted by molar-refractivity contribution is 0.457. The molecule has 1 aromatic carbocycles. The van der Waals surface area contributed by atoms with Gasteiger partial charge in [-0.1, -0.05) is 33.8 Å². The van der Waals surface area contributed by atoms with Crippen LogP contribution in [0.3, 0.4) is 0 Å². The zero-order chi connectivity index (χ0) is 13.6. The molecule has 0 unspecified atom stereocenters. The molecule has 2 rings (SSSR count). The molecular weight excluding hydrogens is 293 g/mol. The summed E-state index contributed by atoms with van der Waals surface area (Å²) in [6, 6.07) is 5.29. The quantitative estimate of drug-likeness (QED) is 0.871. The third-order valence-electron chi connectivity index (χ3n) is 4.98. The topological polar surface area (TPSA) is 12.0 Å². The predicted octanol–water partition coefficient (Wildman–Crippen LogP) is 4.36. The first-order valence-electron chi connectivity index (χ1n) is 6.41. The molecule has 0 aromatic heterocycles. The number of rotatable bonds is 4. The van der Waals surface area contributed by atoms with Crippen LogP contribution in [-0.2, 0) is 6.54 Å². The predicted molar refractivity (Wildman–Crippen MR) is 76.9 cm³/mol. The van der Waals surface area contributed by atoms with Gasteiger partial charge in [0.15, 0.2) is 0 Å². The molecule has 1 N–H and O–H groups in total. The Balaban J connectivity index is 1.85. The molecule has 1 fully saturated rings. The Morgan fingerprint density at radius 2 is 1.83 bits per heavy atom. The Hall–Kier alpha value is -0.410. The van der Waals surface area contributed by atoms with Gasteiger partial charge < -0.3 is 5.32 Å². The third-order valence-corrected chi connectivity index (χ3v) is 5.62. The van der Waals surface area contributed by atoms with Crippen LogP contribution in [-0.4, -0.2) is 6.54 Å². The van der Waals surface area contributed by atoms with E-state index in [0.29, 0.717) is 21.2 Å². The first-order chi connectivity index (χ1) is 8.26. The smallest absolute Gasteiger partial charge is 0.137 e. The van der Waals surface area contributed by atoms with Crippen molar-refractivity contribution in [3.63, 3.8) is 0 Å². The summed E-state index contributed by atoms with van der Waals surface area (Å²) in [4.78, 5) is 0. The van der Waals surface area contributed by atoms with E-state index < -0.39 is 0 Å². The van der Waals surface area contributed by atoms with E-state index in [1.54, 1.807) is 12.1 Å². The van der Waals surface area contributed by atoms with Crippen LogP contribution >= 0.6 is 15.9 Å². The molecule has 1 aromatic rings. The molecule has 0 amide bonds. The molecule has 1 aliphatic rings. The minimum atomic E-state index is -0.193. The maximum absolute atomic E-state index is 13.3. The summed E-state index contributed by atoms with van der Waals surface area (Å²) in [6.07, 6.45) is 0. The van der Waals surface area contributed by atoms with E-state index in [1.807, 2.05) is 6.07 Å². The van der Waals surface area contributed by atoms with E-state index in [2.05, 4.69) is 48.9 Å². The zero-order valence-corrected chi connectivity index (χ0v) is 13.1. The average Bonchev–Trinajstić information content (AvgIpc) is 2.65. The fourth-order valence-electron chi connectivity index (χ4n) is 2.85. The van der Waals surface area contributed by atoms with Gasteiger partial charge in [-0.15, -0.1) is 0 Å². The minimum absolute atomic E-state index is 0.193. The number of halogens is 2. The Bertz CT molecular complexity index is 440. The Labute approximate surface area is 117 Å². The minimum Gasteiger partial charge on any atom is -0.312 e. The highest BCUT2D eigenvalue weighted by Crippen LogP contribution is 2.67. The maximum Gasteiger partial charge on any atom is 0.137 e. The summed E-state index contributed by atoms with van der Waals surface area (Å²) in [7, 11) is 0. The molecule has 1 nitrogen and oxygen atoms in total. The Morgan fingerprint density at radius 1 is 1.22 bits per heavy atom. The summed E-state index contributed by atoms with van der Waals surface area (Å²) in [5, 5.41) is 3.44. The summed E-state index contributed by atoms with van der Waals surface area (Å²) < 4.78 is 13.9. The largest absolute Gasteiger partial charge is 0.312 e. The van der Waals surface area contributed by atoms with Crippen LogP contribution in [0.5, 0.6) is 0 Å². The fraction of sp³-hybridized carbons (Fsp3) is 0.600. The maximum atomic E-state index is 13.3. The molecule has 0 heterocycles. The molecule has 0 atom stereocenters. The fourth-order valence-corrected chi connectivity index (χ4v) is 3.10. The van der Waals surface area contributed by atoms with E-state index in [-0.39, 0.29) is 5.82 Å². The number of nitrogens with one attached hydrogen (secondary N) is 1. The molecule has 1 aliphatic carbocycles. The number of hydrogen-bond acceptors (Lipinski definition) is 1. The Morgan fingerprint density at radius 3 is 2.33 bits per heavy atom. The summed E-state index contributed by atoms with van der Waals surface area (Å²) in [5.41, 5.74) is 1.81. The normalized spacial score (nSPS) is 21.0. The van der Waals surface area contributed by atoms with Crippen molar-refractivity contribution in [3.05, 3.63) is 34.1 Å². The molecule has 0 bridgehead atoms. The van der Waals surface area contributed by atoms with Gasteiger partial charge in [-0.2, -0.15) is 0 Å². The summed E-state index contributed by atoms with van der Waals surface area (Å²) >= 11 is 3.17. The van der Waals surface area contributed by atoms with Crippen LogP contribution in [0.4, 0.5) is 4.39 Å². The highest BCUT2D eigenvalue weighted by Gasteiger charge is 2.63. The van der Waals surface area contributed by atoms with Gasteiger partial charge in [-0.05, 0) is 56.9 Å².